The van der Waals surface area contributed by atoms with E-state index in [0.29, 0.717) is 6.54 Å². The lowest BCUT2D eigenvalue weighted by molar-refractivity contribution is -0.140. The van der Waals surface area contributed by atoms with E-state index in [1.54, 1.807) is 0 Å². The maximum Gasteiger partial charge on any atom is 0.322 e. The van der Waals surface area contributed by atoms with Crippen LogP contribution in [0.25, 0.3) is 0 Å². The van der Waals surface area contributed by atoms with Crippen LogP contribution in [0.3, 0.4) is 0 Å². The molecule has 1 amide bonds. The predicted molar refractivity (Wildman–Crippen MR) is 115 cm³/mol. The molecule has 33 heavy (non-hydrogen) atoms. The number of carboxylic acid groups (broad SMARTS) is 4. The molecule has 0 fully saturated rings. The number of hydrogen-bond donors (Lipinski definition) is 11. The molecule has 16 heteroatoms. The number of aliphatic hydroxyl groups excluding tert-OH is 2. The van der Waals surface area contributed by atoms with Crippen LogP contribution in [0.4, 0.5) is 0 Å². The zero-order valence-electron chi connectivity index (χ0n) is 18.4. The highest BCUT2D eigenvalue weighted by Gasteiger charge is 2.14. The van der Waals surface area contributed by atoms with Crippen molar-refractivity contribution in [3.8, 4) is 0 Å². The summed E-state index contributed by atoms with van der Waals surface area (Å²) < 4.78 is 0. The average molecular weight is 488 g/mol. The van der Waals surface area contributed by atoms with Gasteiger partial charge in [0.05, 0.1) is 13.2 Å². The fourth-order valence-electron chi connectivity index (χ4n) is 1.26. The SMILES string of the molecule is CCCNC(CCO)C(=O)O.NC(=O)CCC(N)C(=O)O.NC(CO)C(=O)O.NCC(=O)O. The molecule has 0 saturated carbocycles. The Kier molecular flexibility index (Phi) is 28.8. The van der Waals surface area contributed by atoms with Crippen molar-refractivity contribution in [1.82, 2.24) is 5.32 Å². The van der Waals surface area contributed by atoms with E-state index in [4.69, 9.17) is 47.8 Å². The minimum atomic E-state index is -1.18. The van der Waals surface area contributed by atoms with Crippen molar-refractivity contribution in [1.29, 1.82) is 0 Å². The second-order valence-corrected chi connectivity index (χ2v) is 6.03. The summed E-state index contributed by atoms with van der Waals surface area (Å²) in [7, 11) is 0. The fourth-order valence-corrected chi connectivity index (χ4v) is 1.26. The monoisotopic (exact) mass is 487 g/mol. The first-order valence-corrected chi connectivity index (χ1v) is 9.56. The van der Waals surface area contributed by atoms with Gasteiger partial charge in [-0.1, -0.05) is 6.92 Å². The van der Waals surface area contributed by atoms with Crippen molar-refractivity contribution in [2.24, 2.45) is 22.9 Å². The van der Waals surface area contributed by atoms with E-state index < -0.39 is 54.5 Å². The van der Waals surface area contributed by atoms with Crippen LogP contribution in [0, 0.1) is 0 Å². The quantitative estimate of drug-likeness (QED) is 0.117. The summed E-state index contributed by atoms with van der Waals surface area (Å²) in [6, 6.07) is -2.70. The highest BCUT2D eigenvalue weighted by molar-refractivity contribution is 5.77. The molecule has 15 N–H and O–H groups in total. The zero-order valence-corrected chi connectivity index (χ0v) is 18.4. The van der Waals surface area contributed by atoms with E-state index in [9.17, 15) is 24.0 Å². The number of amides is 1. The van der Waals surface area contributed by atoms with Crippen molar-refractivity contribution >= 4 is 29.8 Å². The van der Waals surface area contributed by atoms with Crippen LogP contribution in [-0.4, -0.2) is 105 Å². The molecule has 0 aromatic heterocycles. The number of nitrogens with two attached hydrogens (primary N) is 4. The molecular formula is C17H37N5O11. The molecule has 0 heterocycles. The normalized spacial score (nSPS) is 12.1. The lowest BCUT2D eigenvalue weighted by atomic mass is 10.2. The predicted octanol–water partition coefficient (Wildman–Crippen LogP) is -4.09. The number of carbonyl (C=O) groups is 5. The molecule has 3 atom stereocenters. The Morgan fingerprint density at radius 3 is 1.52 bits per heavy atom. The summed E-state index contributed by atoms with van der Waals surface area (Å²) in [6.45, 7) is 1.77. The van der Waals surface area contributed by atoms with Gasteiger partial charge in [-0.3, -0.25) is 24.0 Å². The molecule has 0 rings (SSSR count). The van der Waals surface area contributed by atoms with E-state index in [1.165, 1.54) is 0 Å². The second-order valence-electron chi connectivity index (χ2n) is 6.03. The van der Waals surface area contributed by atoms with Gasteiger partial charge in [-0.2, -0.15) is 0 Å². The highest BCUT2D eigenvalue weighted by Crippen LogP contribution is 1.92. The van der Waals surface area contributed by atoms with E-state index in [0.717, 1.165) is 6.42 Å². The Bertz CT molecular complexity index is 563. The summed E-state index contributed by atoms with van der Waals surface area (Å²) in [6.07, 6.45) is 1.29. The Hall–Kier alpha value is -2.89. The minimum absolute atomic E-state index is 0.0213. The van der Waals surface area contributed by atoms with Gasteiger partial charge in [0.15, 0.2) is 0 Å². The molecule has 0 aliphatic rings. The Balaban J connectivity index is -0.000000177. The lowest BCUT2D eigenvalue weighted by Gasteiger charge is -2.11. The third kappa shape index (κ3) is 33.9. The van der Waals surface area contributed by atoms with Gasteiger partial charge in [0.25, 0.3) is 0 Å². The van der Waals surface area contributed by atoms with Crippen molar-refractivity contribution < 1.29 is 54.6 Å². The largest absolute Gasteiger partial charge is 0.480 e. The number of aliphatic hydroxyl groups is 2. The van der Waals surface area contributed by atoms with Crippen molar-refractivity contribution in [2.45, 2.75) is 50.7 Å². The first-order valence-electron chi connectivity index (χ1n) is 9.56. The van der Waals surface area contributed by atoms with Gasteiger partial charge in [0.1, 0.15) is 18.1 Å². The lowest BCUT2D eigenvalue weighted by Crippen LogP contribution is -2.37. The van der Waals surface area contributed by atoms with Crippen LogP contribution in [-0.2, 0) is 24.0 Å². The molecule has 196 valence electrons. The number of aliphatic carboxylic acids is 4. The zero-order chi connectivity index (χ0) is 27.0. The average Bonchev–Trinajstić information content (AvgIpc) is 2.75. The van der Waals surface area contributed by atoms with Gasteiger partial charge in [0.2, 0.25) is 5.91 Å². The van der Waals surface area contributed by atoms with E-state index in [-0.39, 0.29) is 32.4 Å². The first kappa shape index (κ1) is 37.4. The molecule has 0 aromatic rings. The maximum atomic E-state index is 10.4. The van der Waals surface area contributed by atoms with Crippen LogP contribution in [0.5, 0.6) is 0 Å². The van der Waals surface area contributed by atoms with Gasteiger partial charge in [-0.15, -0.1) is 0 Å². The molecule has 0 saturated heterocycles. The molecular weight excluding hydrogens is 450 g/mol. The Labute approximate surface area is 190 Å². The molecule has 0 bridgehead atoms. The number of carboxylic acids is 4. The highest BCUT2D eigenvalue weighted by atomic mass is 16.4. The minimum Gasteiger partial charge on any atom is -0.480 e. The molecule has 0 aromatic carbocycles. The van der Waals surface area contributed by atoms with Crippen LogP contribution >= 0.6 is 0 Å². The maximum absolute atomic E-state index is 10.4. The van der Waals surface area contributed by atoms with Gasteiger partial charge in [-0.05, 0) is 25.8 Å². The van der Waals surface area contributed by atoms with Crippen molar-refractivity contribution in [3.63, 3.8) is 0 Å². The smallest absolute Gasteiger partial charge is 0.322 e. The van der Waals surface area contributed by atoms with Crippen molar-refractivity contribution in [2.75, 3.05) is 26.3 Å². The Morgan fingerprint density at radius 2 is 1.30 bits per heavy atom. The van der Waals surface area contributed by atoms with Crippen molar-refractivity contribution in [3.05, 3.63) is 0 Å². The number of rotatable bonds is 13. The topological polar surface area (TPSA) is 323 Å². The van der Waals surface area contributed by atoms with Gasteiger partial charge in [0, 0.05) is 13.0 Å². The third-order valence-electron chi connectivity index (χ3n) is 3.06. The van der Waals surface area contributed by atoms with E-state index in [1.807, 2.05) is 6.92 Å². The fraction of sp³-hybridized carbons (Fsp3) is 0.706. The first-order chi connectivity index (χ1) is 15.2. The summed E-state index contributed by atoms with van der Waals surface area (Å²) >= 11 is 0. The van der Waals surface area contributed by atoms with Gasteiger partial charge < -0.3 is 58.9 Å². The number of nitrogens with one attached hydrogen (secondary N) is 1. The van der Waals surface area contributed by atoms with Crippen LogP contribution in [0.1, 0.15) is 32.6 Å². The molecule has 16 nitrogen and oxygen atoms in total. The number of carbonyl (C=O) groups excluding carboxylic acids is 1. The number of hydrogen-bond acceptors (Lipinski definition) is 11. The standard InChI is InChI=1S/C7H15NO3.C5H10N2O3.C3H7NO3.C2H5NO2/c1-2-4-8-6(3-5-9)7(10)11;6-3(5(9)10)1-2-4(7)8;4-2(1-5)3(6)7;3-1-2(4)5/h6,8-9H,2-5H2,1H3,(H,10,11);3H,1-2,6H2,(H2,7,8)(H,9,10);2,5H,1,4H2,(H,6,7);1,3H2,(H,4,5). The summed E-state index contributed by atoms with van der Waals surface area (Å²) in [5.41, 5.74) is 19.1. The summed E-state index contributed by atoms with van der Waals surface area (Å²) in [5, 5.41) is 51.6. The molecule has 0 spiro atoms. The van der Waals surface area contributed by atoms with E-state index in [2.05, 4.69) is 11.1 Å². The Morgan fingerprint density at radius 1 is 0.848 bits per heavy atom. The molecule has 0 radical (unpaired) electrons. The van der Waals surface area contributed by atoms with Crippen LogP contribution < -0.4 is 28.3 Å². The second kappa shape index (κ2) is 25.4. The van der Waals surface area contributed by atoms with Crippen LogP contribution in [0.2, 0.25) is 0 Å². The van der Waals surface area contributed by atoms with Gasteiger partial charge >= 0.3 is 23.9 Å². The number of primary amides is 1. The summed E-state index contributed by atoms with van der Waals surface area (Å²) in [4.78, 5) is 49.4. The van der Waals surface area contributed by atoms with Gasteiger partial charge in [-0.25, -0.2) is 0 Å². The third-order valence-corrected chi connectivity index (χ3v) is 3.06. The summed E-state index contributed by atoms with van der Waals surface area (Å²) in [5.74, 6) is -4.68. The van der Waals surface area contributed by atoms with Crippen LogP contribution in [0.15, 0.2) is 0 Å². The van der Waals surface area contributed by atoms with E-state index >= 15 is 0 Å². The molecule has 3 unspecified atom stereocenters. The molecule has 0 aliphatic carbocycles. The molecule has 0 aliphatic heterocycles.